The molecule has 3 rings (SSSR count). The Morgan fingerprint density at radius 1 is 1.24 bits per heavy atom. The van der Waals surface area contributed by atoms with Gasteiger partial charge in [-0.2, -0.15) is 0 Å². The molecule has 2 unspecified atom stereocenters. The number of hydrogen-bond donors (Lipinski definition) is 1. The second-order valence-electron chi connectivity index (χ2n) is 7.87. The van der Waals surface area contributed by atoms with Gasteiger partial charge < -0.3 is 19.9 Å². The summed E-state index contributed by atoms with van der Waals surface area (Å²) < 4.78 is 5.24. The highest BCUT2D eigenvalue weighted by molar-refractivity contribution is 6.00. The van der Waals surface area contributed by atoms with Gasteiger partial charge in [-0.25, -0.2) is 0 Å². The van der Waals surface area contributed by atoms with Crippen molar-refractivity contribution < 1.29 is 19.1 Å². The van der Waals surface area contributed by atoms with Gasteiger partial charge in [0.25, 0.3) is 0 Å². The fourth-order valence-electron chi connectivity index (χ4n) is 4.08. The van der Waals surface area contributed by atoms with E-state index in [-0.39, 0.29) is 36.0 Å². The van der Waals surface area contributed by atoms with E-state index in [9.17, 15) is 14.4 Å². The molecule has 2 heterocycles. The molecule has 7 nitrogen and oxygen atoms in total. The van der Waals surface area contributed by atoms with Crippen LogP contribution in [0.15, 0.2) is 24.3 Å². The monoisotopic (exact) mass is 401 g/mol. The summed E-state index contributed by atoms with van der Waals surface area (Å²) in [6, 6.07) is 7.32. The summed E-state index contributed by atoms with van der Waals surface area (Å²) in [4.78, 5) is 41.4. The van der Waals surface area contributed by atoms with E-state index in [4.69, 9.17) is 4.74 Å². The highest BCUT2D eigenvalue weighted by atomic mass is 16.5. The molecule has 1 aromatic rings. The number of anilines is 1. The molecule has 0 spiro atoms. The number of hydrogen-bond acceptors (Lipinski definition) is 4. The Morgan fingerprint density at radius 2 is 2.07 bits per heavy atom. The lowest BCUT2D eigenvalue weighted by atomic mass is 9.95. The summed E-state index contributed by atoms with van der Waals surface area (Å²) >= 11 is 0. The number of nitrogens with one attached hydrogen (secondary N) is 1. The van der Waals surface area contributed by atoms with E-state index in [1.54, 1.807) is 16.9 Å². The Labute approximate surface area is 172 Å². The Bertz CT molecular complexity index is 751. The first kappa shape index (κ1) is 21.1. The zero-order valence-electron chi connectivity index (χ0n) is 17.4. The lowest BCUT2D eigenvalue weighted by Gasteiger charge is -2.33. The molecule has 3 amide bonds. The van der Waals surface area contributed by atoms with Gasteiger partial charge in [0.05, 0.1) is 18.9 Å². The maximum atomic E-state index is 13.1. The van der Waals surface area contributed by atoms with Gasteiger partial charge >= 0.3 is 0 Å². The van der Waals surface area contributed by atoms with Gasteiger partial charge in [-0.1, -0.05) is 19.4 Å². The molecular formula is C22H31N3O4. The van der Waals surface area contributed by atoms with E-state index in [1.807, 2.05) is 24.3 Å². The molecule has 2 aliphatic rings. The normalized spacial score (nSPS) is 21.9. The van der Waals surface area contributed by atoms with Crippen LogP contribution in [0, 0.1) is 11.8 Å². The van der Waals surface area contributed by atoms with Crippen LogP contribution in [0.25, 0.3) is 0 Å². The number of likely N-dealkylation sites (tertiary alicyclic amines) is 1. The Balaban J connectivity index is 1.60. The summed E-state index contributed by atoms with van der Waals surface area (Å²) in [6.07, 6.45) is 3.83. The van der Waals surface area contributed by atoms with E-state index in [2.05, 4.69) is 12.2 Å². The molecule has 7 heteroatoms. The average Bonchev–Trinajstić information content (AvgIpc) is 3.15. The van der Waals surface area contributed by atoms with E-state index in [1.165, 1.54) is 0 Å². The first-order chi connectivity index (χ1) is 14.0. The van der Waals surface area contributed by atoms with Crippen LogP contribution in [-0.4, -0.2) is 55.9 Å². The van der Waals surface area contributed by atoms with Crippen molar-refractivity contribution in [3.8, 4) is 5.75 Å². The van der Waals surface area contributed by atoms with Gasteiger partial charge in [-0.05, 0) is 31.4 Å². The number of amides is 3. The van der Waals surface area contributed by atoms with Gasteiger partial charge in [0.2, 0.25) is 17.7 Å². The van der Waals surface area contributed by atoms with Crippen molar-refractivity contribution in [1.29, 1.82) is 0 Å². The number of ether oxygens (including phenoxy) is 1. The van der Waals surface area contributed by atoms with E-state index in [0.29, 0.717) is 31.9 Å². The van der Waals surface area contributed by atoms with Gasteiger partial charge in [0.15, 0.2) is 0 Å². The van der Waals surface area contributed by atoms with Crippen LogP contribution in [-0.2, 0) is 14.4 Å². The van der Waals surface area contributed by atoms with E-state index < -0.39 is 0 Å². The SMILES string of the molecule is CCCCNC(=O)C1CCCN(C(=O)C2CC(=O)N(c3cccc(OC)c3)C2)C1. The molecule has 158 valence electrons. The maximum absolute atomic E-state index is 13.1. The number of unbranched alkanes of at least 4 members (excludes halogenated alkanes) is 1. The number of methoxy groups -OCH3 is 1. The van der Waals surface area contributed by atoms with Crippen LogP contribution in [0.2, 0.25) is 0 Å². The number of piperidine rings is 1. The molecule has 2 aliphatic heterocycles. The maximum Gasteiger partial charge on any atom is 0.228 e. The first-order valence-corrected chi connectivity index (χ1v) is 10.5. The Morgan fingerprint density at radius 3 is 2.83 bits per heavy atom. The minimum absolute atomic E-state index is 0.0187. The van der Waals surface area contributed by atoms with Crippen LogP contribution < -0.4 is 15.0 Å². The van der Waals surface area contributed by atoms with Crippen molar-refractivity contribution in [3.05, 3.63) is 24.3 Å². The molecule has 29 heavy (non-hydrogen) atoms. The van der Waals surface area contributed by atoms with Crippen LogP contribution in [0.1, 0.15) is 39.0 Å². The van der Waals surface area contributed by atoms with Gasteiger partial charge in [0, 0.05) is 44.4 Å². The molecule has 2 fully saturated rings. The molecule has 0 saturated carbocycles. The lowest BCUT2D eigenvalue weighted by Crippen LogP contribution is -2.47. The van der Waals surface area contributed by atoms with Crippen LogP contribution in [0.3, 0.4) is 0 Å². The molecule has 1 N–H and O–H groups in total. The van der Waals surface area contributed by atoms with Crippen molar-refractivity contribution in [3.63, 3.8) is 0 Å². The third-order valence-corrected chi connectivity index (χ3v) is 5.77. The second kappa shape index (κ2) is 9.76. The number of nitrogens with zero attached hydrogens (tertiary/aromatic N) is 2. The summed E-state index contributed by atoms with van der Waals surface area (Å²) in [5.41, 5.74) is 0.747. The van der Waals surface area contributed by atoms with Crippen LogP contribution >= 0.6 is 0 Å². The zero-order valence-corrected chi connectivity index (χ0v) is 17.4. The van der Waals surface area contributed by atoms with Crippen LogP contribution in [0.5, 0.6) is 5.75 Å². The summed E-state index contributed by atoms with van der Waals surface area (Å²) in [7, 11) is 1.59. The zero-order chi connectivity index (χ0) is 20.8. The topological polar surface area (TPSA) is 79.0 Å². The van der Waals surface area contributed by atoms with Gasteiger partial charge in [-0.3, -0.25) is 14.4 Å². The second-order valence-corrected chi connectivity index (χ2v) is 7.87. The Kier molecular flexibility index (Phi) is 7.12. The van der Waals surface area contributed by atoms with Crippen molar-refractivity contribution in [2.24, 2.45) is 11.8 Å². The number of rotatable bonds is 7. The molecule has 0 bridgehead atoms. The van der Waals surface area contributed by atoms with E-state index >= 15 is 0 Å². The minimum atomic E-state index is -0.365. The lowest BCUT2D eigenvalue weighted by molar-refractivity contribution is -0.139. The molecular weight excluding hydrogens is 370 g/mol. The number of carbonyl (C=O) groups excluding carboxylic acids is 3. The standard InChI is InChI=1S/C22H31N3O4/c1-3-4-10-23-21(27)16-7-6-11-24(14-16)22(28)17-12-20(26)25(15-17)18-8-5-9-19(13-18)29-2/h5,8-9,13,16-17H,3-4,6-7,10-12,14-15H2,1-2H3,(H,23,27). The molecule has 0 aromatic heterocycles. The third-order valence-electron chi connectivity index (χ3n) is 5.77. The summed E-state index contributed by atoms with van der Waals surface area (Å²) in [6.45, 7) is 4.24. The molecule has 0 radical (unpaired) electrons. The fourth-order valence-corrected chi connectivity index (χ4v) is 4.08. The van der Waals surface area contributed by atoms with Crippen molar-refractivity contribution >= 4 is 23.4 Å². The highest BCUT2D eigenvalue weighted by Gasteiger charge is 2.39. The number of carbonyl (C=O) groups is 3. The van der Waals surface area contributed by atoms with E-state index in [0.717, 1.165) is 31.4 Å². The minimum Gasteiger partial charge on any atom is -0.497 e. The van der Waals surface area contributed by atoms with Crippen molar-refractivity contribution in [1.82, 2.24) is 10.2 Å². The van der Waals surface area contributed by atoms with Gasteiger partial charge in [-0.15, -0.1) is 0 Å². The molecule has 2 saturated heterocycles. The van der Waals surface area contributed by atoms with Crippen molar-refractivity contribution in [2.45, 2.75) is 39.0 Å². The highest BCUT2D eigenvalue weighted by Crippen LogP contribution is 2.29. The first-order valence-electron chi connectivity index (χ1n) is 10.5. The summed E-state index contributed by atoms with van der Waals surface area (Å²) in [5.74, 6) is 0.124. The van der Waals surface area contributed by atoms with Crippen LogP contribution in [0.4, 0.5) is 5.69 Å². The summed E-state index contributed by atoms with van der Waals surface area (Å²) in [5, 5.41) is 2.98. The van der Waals surface area contributed by atoms with Gasteiger partial charge in [0.1, 0.15) is 5.75 Å². The predicted molar refractivity (Wildman–Crippen MR) is 111 cm³/mol. The Hall–Kier alpha value is -2.57. The fraction of sp³-hybridized carbons (Fsp3) is 0.591. The van der Waals surface area contributed by atoms with Crippen molar-refractivity contribution in [2.75, 3.05) is 38.2 Å². The molecule has 1 aromatic carbocycles. The third kappa shape index (κ3) is 5.08. The number of benzene rings is 1. The molecule has 2 atom stereocenters. The quantitative estimate of drug-likeness (QED) is 0.711. The average molecular weight is 402 g/mol. The largest absolute Gasteiger partial charge is 0.497 e. The molecule has 0 aliphatic carbocycles. The predicted octanol–water partition coefficient (Wildman–Crippen LogP) is 2.20. The smallest absolute Gasteiger partial charge is 0.228 e.